The highest BCUT2D eigenvalue weighted by molar-refractivity contribution is 7.09. The SMILES string of the molecule is COCCOCCOCCOCCOCCOc1cc(C(=O)OC)cc(NCc2cncs2)c1N. The lowest BCUT2D eigenvalue weighted by Crippen LogP contribution is -2.15. The second-order valence-electron chi connectivity index (χ2n) is 7.04. The molecular weight excluding hydrogens is 478 g/mol. The summed E-state index contributed by atoms with van der Waals surface area (Å²) in [6, 6.07) is 3.20. The van der Waals surface area contributed by atoms with E-state index >= 15 is 0 Å². The van der Waals surface area contributed by atoms with Crippen LogP contribution in [0.4, 0.5) is 11.4 Å². The molecule has 0 fully saturated rings. The van der Waals surface area contributed by atoms with Gasteiger partial charge in [-0.1, -0.05) is 0 Å². The third kappa shape index (κ3) is 11.7. The Morgan fingerprint density at radius 1 is 0.914 bits per heavy atom. The Hall–Kier alpha value is -2.48. The number of benzene rings is 1. The molecule has 2 rings (SSSR count). The zero-order valence-electron chi connectivity index (χ0n) is 20.3. The van der Waals surface area contributed by atoms with E-state index in [9.17, 15) is 4.79 Å². The molecule has 0 aliphatic rings. The Bertz CT molecular complexity index is 838. The standard InChI is InChI=1S/C23H35N3O8S/c1-28-3-4-30-5-6-31-7-8-32-9-10-33-11-12-34-21-14-18(23(27)29-2)13-20(22(21)24)26-16-19-15-25-17-35-19/h13-15,17,26H,3-12,16,24H2,1-2H3. The van der Waals surface area contributed by atoms with E-state index in [1.54, 1.807) is 30.9 Å². The van der Waals surface area contributed by atoms with E-state index in [1.807, 2.05) is 0 Å². The molecule has 1 aromatic heterocycles. The number of thiazole rings is 1. The van der Waals surface area contributed by atoms with Crippen molar-refractivity contribution in [1.82, 2.24) is 4.98 Å². The van der Waals surface area contributed by atoms with Gasteiger partial charge in [0.05, 0.1) is 95.6 Å². The molecule has 0 saturated carbocycles. The van der Waals surface area contributed by atoms with Crippen molar-refractivity contribution >= 4 is 28.7 Å². The van der Waals surface area contributed by atoms with Crippen LogP contribution in [0, 0.1) is 0 Å². The number of anilines is 2. The summed E-state index contributed by atoms with van der Waals surface area (Å²) in [5, 5.41) is 3.22. The number of methoxy groups -OCH3 is 2. The van der Waals surface area contributed by atoms with E-state index in [2.05, 4.69) is 10.3 Å². The van der Waals surface area contributed by atoms with E-state index < -0.39 is 5.97 Å². The Morgan fingerprint density at radius 2 is 1.51 bits per heavy atom. The zero-order valence-corrected chi connectivity index (χ0v) is 21.1. The quantitative estimate of drug-likeness (QED) is 0.153. The number of carbonyl (C=O) groups is 1. The smallest absolute Gasteiger partial charge is 0.338 e. The van der Waals surface area contributed by atoms with Crippen molar-refractivity contribution in [1.29, 1.82) is 0 Å². The number of nitrogens with two attached hydrogens (primary N) is 1. The second kappa shape index (κ2) is 17.9. The van der Waals surface area contributed by atoms with Crippen molar-refractivity contribution in [3.8, 4) is 5.75 Å². The second-order valence-corrected chi connectivity index (χ2v) is 8.01. The van der Waals surface area contributed by atoms with Crippen LogP contribution in [0.3, 0.4) is 0 Å². The molecule has 1 aromatic carbocycles. The summed E-state index contributed by atoms with van der Waals surface area (Å²) in [7, 11) is 2.96. The van der Waals surface area contributed by atoms with Crippen LogP contribution in [0.15, 0.2) is 23.8 Å². The van der Waals surface area contributed by atoms with E-state index in [0.717, 1.165) is 4.88 Å². The van der Waals surface area contributed by atoms with Crippen molar-refractivity contribution in [3.05, 3.63) is 34.3 Å². The van der Waals surface area contributed by atoms with Crippen LogP contribution in [0.25, 0.3) is 0 Å². The van der Waals surface area contributed by atoms with Crippen LogP contribution in [-0.2, 0) is 35.0 Å². The number of nitrogen functional groups attached to an aromatic ring is 1. The van der Waals surface area contributed by atoms with Gasteiger partial charge in [-0.2, -0.15) is 0 Å². The molecule has 0 atom stereocenters. The molecule has 0 radical (unpaired) electrons. The van der Waals surface area contributed by atoms with Crippen molar-refractivity contribution in [2.45, 2.75) is 6.54 Å². The number of aromatic nitrogens is 1. The highest BCUT2D eigenvalue weighted by Crippen LogP contribution is 2.32. The molecule has 0 aliphatic heterocycles. The molecule has 196 valence electrons. The minimum atomic E-state index is -0.480. The lowest BCUT2D eigenvalue weighted by atomic mass is 10.1. The van der Waals surface area contributed by atoms with E-state index in [4.69, 9.17) is 38.9 Å². The van der Waals surface area contributed by atoms with Crippen LogP contribution in [0.1, 0.15) is 15.2 Å². The van der Waals surface area contributed by atoms with Gasteiger partial charge in [-0.3, -0.25) is 4.98 Å². The van der Waals surface area contributed by atoms with Crippen LogP contribution in [-0.4, -0.2) is 91.2 Å². The fourth-order valence-electron chi connectivity index (χ4n) is 2.75. The van der Waals surface area contributed by atoms with E-state index in [0.29, 0.717) is 88.7 Å². The van der Waals surface area contributed by atoms with Gasteiger partial charge in [-0.05, 0) is 12.1 Å². The average molecular weight is 514 g/mol. The number of carbonyl (C=O) groups excluding carboxylic acids is 1. The van der Waals surface area contributed by atoms with Gasteiger partial charge in [0.25, 0.3) is 0 Å². The van der Waals surface area contributed by atoms with Crippen LogP contribution < -0.4 is 15.8 Å². The summed E-state index contributed by atoms with van der Waals surface area (Å²) in [4.78, 5) is 17.1. The number of nitrogens with one attached hydrogen (secondary N) is 1. The average Bonchev–Trinajstić information content (AvgIpc) is 3.39. The Labute approximate surface area is 209 Å². The minimum Gasteiger partial charge on any atom is -0.489 e. The maximum Gasteiger partial charge on any atom is 0.338 e. The third-order valence-electron chi connectivity index (χ3n) is 4.53. The number of hydrogen-bond donors (Lipinski definition) is 2. The molecule has 12 heteroatoms. The van der Waals surface area contributed by atoms with Gasteiger partial charge >= 0.3 is 5.97 Å². The summed E-state index contributed by atoms with van der Waals surface area (Å²) in [6.07, 6.45) is 1.77. The maximum absolute atomic E-state index is 12.1. The van der Waals surface area contributed by atoms with Gasteiger partial charge in [-0.15, -0.1) is 11.3 Å². The third-order valence-corrected chi connectivity index (χ3v) is 5.31. The molecular formula is C23H35N3O8S. The molecule has 35 heavy (non-hydrogen) atoms. The molecule has 0 unspecified atom stereocenters. The normalized spacial score (nSPS) is 10.9. The zero-order chi connectivity index (χ0) is 25.1. The molecule has 0 amide bonds. The molecule has 3 N–H and O–H groups in total. The van der Waals surface area contributed by atoms with Gasteiger partial charge in [0, 0.05) is 18.2 Å². The summed E-state index contributed by atoms with van der Waals surface area (Å²) in [6.45, 7) is 5.14. The number of ether oxygens (including phenoxy) is 7. The molecule has 2 aromatic rings. The molecule has 11 nitrogen and oxygen atoms in total. The summed E-state index contributed by atoms with van der Waals surface area (Å²) < 4.78 is 37.2. The number of rotatable bonds is 20. The van der Waals surface area contributed by atoms with Crippen LogP contribution in [0.5, 0.6) is 5.75 Å². The fourth-order valence-corrected chi connectivity index (χ4v) is 3.29. The summed E-state index contributed by atoms with van der Waals surface area (Å²) >= 11 is 1.52. The Kier molecular flexibility index (Phi) is 14.7. The first kappa shape index (κ1) is 28.8. The monoisotopic (exact) mass is 513 g/mol. The predicted molar refractivity (Wildman–Crippen MR) is 132 cm³/mol. The van der Waals surface area contributed by atoms with E-state index in [1.165, 1.54) is 18.4 Å². The van der Waals surface area contributed by atoms with Crippen molar-refractivity contribution in [3.63, 3.8) is 0 Å². The molecule has 0 spiro atoms. The Balaban J connectivity index is 1.63. The molecule has 0 bridgehead atoms. The topological polar surface area (TPSA) is 133 Å². The minimum absolute atomic E-state index is 0.259. The first-order chi connectivity index (χ1) is 17.2. The lowest BCUT2D eigenvalue weighted by Gasteiger charge is -2.15. The largest absolute Gasteiger partial charge is 0.489 e. The first-order valence-electron chi connectivity index (χ1n) is 11.2. The van der Waals surface area contributed by atoms with Crippen molar-refractivity contribution in [2.75, 3.05) is 91.3 Å². The van der Waals surface area contributed by atoms with Crippen molar-refractivity contribution < 1.29 is 38.0 Å². The maximum atomic E-state index is 12.1. The highest BCUT2D eigenvalue weighted by Gasteiger charge is 2.15. The van der Waals surface area contributed by atoms with Crippen LogP contribution >= 0.6 is 11.3 Å². The van der Waals surface area contributed by atoms with Crippen molar-refractivity contribution in [2.24, 2.45) is 0 Å². The Morgan fingerprint density at radius 3 is 2.06 bits per heavy atom. The highest BCUT2D eigenvalue weighted by atomic mass is 32.1. The summed E-state index contributed by atoms with van der Waals surface area (Å²) in [5.41, 5.74) is 9.32. The first-order valence-corrected chi connectivity index (χ1v) is 12.1. The fraction of sp³-hybridized carbons (Fsp3) is 0.565. The van der Waals surface area contributed by atoms with Gasteiger partial charge in [0.1, 0.15) is 12.4 Å². The molecule has 0 saturated heterocycles. The van der Waals surface area contributed by atoms with E-state index in [-0.39, 0.29) is 6.61 Å². The molecule has 1 heterocycles. The van der Waals surface area contributed by atoms with Gasteiger partial charge in [0.2, 0.25) is 0 Å². The lowest BCUT2D eigenvalue weighted by molar-refractivity contribution is -0.00977. The predicted octanol–water partition coefficient (Wildman–Crippen LogP) is 2.22. The van der Waals surface area contributed by atoms with Gasteiger partial charge in [0.15, 0.2) is 0 Å². The van der Waals surface area contributed by atoms with Crippen LogP contribution in [0.2, 0.25) is 0 Å². The summed E-state index contributed by atoms with van der Waals surface area (Å²) in [5.74, 6) is -0.102. The number of nitrogens with zero attached hydrogens (tertiary/aromatic N) is 1. The number of hydrogen-bond acceptors (Lipinski definition) is 12. The number of esters is 1. The van der Waals surface area contributed by atoms with Gasteiger partial charge < -0.3 is 44.2 Å². The van der Waals surface area contributed by atoms with Gasteiger partial charge in [-0.25, -0.2) is 4.79 Å². The molecule has 0 aliphatic carbocycles.